The number of nitrogens with one attached hydrogen (secondary N) is 2. The Labute approximate surface area is 83.2 Å². The summed E-state index contributed by atoms with van der Waals surface area (Å²) in [6.45, 7) is 1.53. The second kappa shape index (κ2) is 8.31. The molecule has 0 aromatic rings. The highest BCUT2D eigenvalue weighted by atomic mass is 16.5. The van der Waals surface area contributed by atoms with Gasteiger partial charge < -0.3 is 21.1 Å². The van der Waals surface area contributed by atoms with Crippen LogP contribution in [0.1, 0.15) is 12.8 Å². The van der Waals surface area contributed by atoms with Crippen LogP contribution in [0.4, 0.5) is 4.79 Å². The molecule has 4 N–H and O–H groups in total. The Morgan fingerprint density at radius 1 is 1.36 bits per heavy atom. The zero-order valence-electron chi connectivity index (χ0n) is 8.34. The Kier molecular flexibility index (Phi) is 7.53. The fourth-order valence-electron chi connectivity index (χ4n) is 0.848. The van der Waals surface area contributed by atoms with Gasteiger partial charge in [-0.25, -0.2) is 4.79 Å². The van der Waals surface area contributed by atoms with E-state index in [4.69, 9.17) is 5.73 Å². The lowest BCUT2D eigenvalue weighted by atomic mass is 10.3. The highest BCUT2D eigenvalue weighted by Gasteiger charge is 1.96. The van der Waals surface area contributed by atoms with Gasteiger partial charge in [-0.3, -0.25) is 4.79 Å². The number of nitrogens with two attached hydrogens (primary N) is 1. The van der Waals surface area contributed by atoms with Gasteiger partial charge in [-0.1, -0.05) is 0 Å². The smallest absolute Gasteiger partial charge is 0.404 e. The Hall–Kier alpha value is -1.30. The topological polar surface area (TPSA) is 93.4 Å². The second-order valence-corrected chi connectivity index (χ2v) is 2.69. The summed E-state index contributed by atoms with van der Waals surface area (Å²) in [5.41, 5.74) is 4.75. The van der Waals surface area contributed by atoms with E-state index in [0.717, 1.165) is 13.0 Å². The van der Waals surface area contributed by atoms with Gasteiger partial charge in [0, 0.05) is 20.0 Å². The van der Waals surface area contributed by atoms with Gasteiger partial charge in [0.2, 0.25) is 5.91 Å². The highest BCUT2D eigenvalue weighted by Crippen LogP contribution is 1.85. The van der Waals surface area contributed by atoms with Crippen LogP contribution in [0.15, 0.2) is 0 Å². The lowest BCUT2D eigenvalue weighted by molar-refractivity contribution is -0.120. The Morgan fingerprint density at radius 3 is 2.64 bits per heavy atom. The monoisotopic (exact) mass is 203 g/mol. The summed E-state index contributed by atoms with van der Waals surface area (Å²) in [7, 11) is 1.61. The lowest BCUT2D eigenvalue weighted by Crippen LogP contribution is -2.25. The largest absolute Gasteiger partial charge is 0.448 e. The first-order chi connectivity index (χ1) is 6.66. The number of amides is 2. The van der Waals surface area contributed by atoms with Crippen molar-refractivity contribution in [3.63, 3.8) is 0 Å². The maximum Gasteiger partial charge on any atom is 0.404 e. The van der Waals surface area contributed by atoms with E-state index in [1.54, 1.807) is 7.05 Å². The van der Waals surface area contributed by atoms with Crippen LogP contribution < -0.4 is 16.4 Å². The van der Waals surface area contributed by atoms with Crippen molar-refractivity contribution < 1.29 is 14.3 Å². The van der Waals surface area contributed by atoms with Crippen LogP contribution in [0.5, 0.6) is 0 Å². The van der Waals surface area contributed by atoms with Gasteiger partial charge in [0.05, 0.1) is 0 Å². The third-order valence-electron chi connectivity index (χ3n) is 1.56. The molecular formula is C8H17N3O3. The normalized spacial score (nSPS) is 9.50. The van der Waals surface area contributed by atoms with Crippen molar-refractivity contribution in [2.24, 2.45) is 5.73 Å². The van der Waals surface area contributed by atoms with Gasteiger partial charge in [0.1, 0.15) is 6.61 Å². The molecule has 0 saturated heterocycles. The lowest BCUT2D eigenvalue weighted by Gasteiger charge is -2.04. The predicted molar refractivity (Wildman–Crippen MR) is 51.7 cm³/mol. The second-order valence-electron chi connectivity index (χ2n) is 2.69. The molecule has 0 heterocycles. The number of carbonyl (C=O) groups is 2. The van der Waals surface area contributed by atoms with Gasteiger partial charge in [-0.2, -0.15) is 0 Å². The Bertz CT molecular complexity index is 185. The van der Waals surface area contributed by atoms with Crippen molar-refractivity contribution in [2.45, 2.75) is 12.8 Å². The Balaban J connectivity index is 3.06. The van der Waals surface area contributed by atoms with E-state index in [2.05, 4.69) is 15.4 Å². The summed E-state index contributed by atoms with van der Waals surface area (Å²) in [6, 6.07) is 0. The summed E-state index contributed by atoms with van der Waals surface area (Å²) < 4.78 is 4.49. The SMILES string of the molecule is CNC(=O)CCCNCCOC(N)=O. The van der Waals surface area contributed by atoms with Crippen LogP contribution in [0.25, 0.3) is 0 Å². The van der Waals surface area contributed by atoms with E-state index < -0.39 is 6.09 Å². The molecule has 0 radical (unpaired) electrons. The standard InChI is InChI=1S/C8H17N3O3/c1-10-7(12)3-2-4-11-5-6-14-8(9)13/h11H,2-6H2,1H3,(H2,9,13)(H,10,12). The van der Waals surface area contributed by atoms with Crippen LogP contribution in [-0.4, -0.2) is 38.7 Å². The van der Waals surface area contributed by atoms with E-state index in [1.807, 2.05) is 0 Å². The van der Waals surface area contributed by atoms with Gasteiger partial charge in [0.15, 0.2) is 0 Å². The molecule has 0 spiro atoms. The first-order valence-corrected chi connectivity index (χ1v) is 4.50. The van der Waals surface area contributed by atoms with Crippen LogP contribution >= 0.6 is 0 Å². The van der Waals surface area contributed by atoms with Crippen LogP contribution in [0.3, 0.4) is 0 Å². The molecule has 0 rings (SSSR count). The molecule has 0 fully saturated rings. The average Bonchev–Trinajstić information content (AvgIpc) is 2.15. The third kappa shape index (κ3) is 8.79. The van der Waals surface area contributed by atoms with Gasteiger partial charge in [0.25, 0.3) is 0 Å². The fraction of sp³-hybridized carbons (Fsp3) is 0.750. The fourth-order valence-corrected chi connectivity index (χ4v) is 0.848. The molecule has 0 unspecified atom stereocenters. The summed E-state index contributed by atoms with van der Waals surface area (Å²) in [4.78, 5) is 20.9. The highest BCUT2D eigenvalue weighted by molar-refractivity contribution is 5.75. The molecule has 82 valence electrons. The molecule has 0 bridgehead atoms. The van der Waals surface area contributed by atoms with E-state index in [-0.39, 0.29) is 12.5 Å². The van der Waals surface area contributed by atoms with Gasteiger partial charge in [-0.05, 0) is 13.0 Å². The van der Waals surface area contributed by atoms with Crippen molar-refractivity contribution in [1.29, 1.82) is 0 Å². The van der Waals surface area contributed by atoms with Crippen LogP contribution in [0, 0.1) is 0 Å². The van der Waals surface area contributed by atoms with Crippen molar-refractivity contribution in [3.8, 4) is 0 Å². The molecule has 0 aromatic carbocycles. The minimum Gasteiger partial charge on any atom is -0.448 e. The average molecular weight is 203 g/mol. The minimum absolute atomic E-state index is 0.0279. The molecule has 0 aliphatic rings. The first kappa shape index (κ1) is 12.7. The minimum atomic E-state index is -0.767. The predicted octanol–water partition coefficient (Wildman–Crippen LogP) is -0.802. The van der Waals surface area contributed by atoms with E-state index >= 15 is 0 Å². The van der Waals surface area contributed by atoms with E-state index in [1.165, 1.54) is 0 Å². The molecule has 0 atom stereocenters. The number of rotatable bonds is 7. The molecule has 6 nitrogen and oxygen atoms in total. The summed E-state index contributed by atoms with van der Waals surface area (Å²) in [6.07, 6.45) is 0.494. The first-order valence-electron chi connectivity index (χ1n) is 4.50. The van der Waals surface area contributed by atoms with Crippen molar-refractivity contribution in [2.75, 3.05) is 26.7 Å². The van der Waals surface area contributed by atoms with Gasteiger partial charge >= 0.3 is 6.09 Å². The zero-order chi connectivity index (χ0) is 10.8. The van der Waals surface area contributed by atoms with Crippen molar-refractivity contribution >= 4 is 12.0 Å². The molecular weight excluding hydrogens is 186 g/mol. The van der Waals surface area contributed by atoms with Crippen LogP contribution in [-0.2, 0) is 9.53 Å². The van der Waals surface area contributed by atoms with Crippen molar-refractivity contribution in [1.82, 2.24) is 10.6 Å². The summed E-state index contributed by atoms with van der Waals surface area (Å²) in [5.74, 6) is 0.0279. The summed E-state index contributed by atoms with van der Waals surface area (Å²) in [5, 5.41) is 5.54. The quantitative estimate of drug-likeness (QED) is 0.472. The molecule has 14 heavy (non-hydrogen) atoms. The molecule has 2 amide bonds. The summed E-state index contributed by atoms with van der Waals surface area (Å²) >= 11 is 0. The van der Waals surface area contributed by atoms with Crippen molar-refractivity contribution in [3.05, 3.63) is 0 Å². The van der Waals surface area contributed by atoms with E-state index in [0.29, 0.717) is 13.0 Å². The van der Waals surface area contributed by atoms with Crippen LogP contribution in [0.2, 0.25) is 0 Å². The maximum atomic E-state index is 10.8. The zero-order valence-corrected chi connectivity index (χ0v) is 8.34. The molecule has 0 saturated carbocycles. The number of hydrogen-bond acceptors (Lipinski definition) is 4. The van der Waals surface area contributed by atoms with Gasteiger partial charge in [-0.15, -0.1) is 0 Å². The molecule has 6 heteroatoms. The number of ether oxygens (including phenoxy) is 1. The molecule has 0 aliphatic heterocycles. The third-order valence-corrected chi connectivity index (χ3v) is 1.56. The number of primary amides is 1. The maximum absolute atomic E-state index is 10.8. The Morgan fingerprint density at radius 2 is 2.07 bits per heavy atom. The molecule has 0 aromatic heterocycles. The molecule has 0 aliphatic carbocycles. The number of hydrogen-bond donors (Lipinski definition) is 3. The number of carbonyl (C=O) groups excluding carboxylic acids is 2. The van der Waals surface area contributed by atoms with E-state index in [9.17, 15) is 9.59 Å².